The molecule has 1 aromatic heterocycles. The third-order valence-electron chi connectivity index (χ3n) is 4.82. The van der Waals surface area contributed by atoms with Gasteiger partial charge in [-0.25, -0.2) is 0 Å². The molecule has 0 spiro atoms. The highest BCUT2D eigenvalue weighted by atomic mass is 79.9. The predicted octanol–water partition coefficient (Wildman–Crippen LogP) is 6.40. The molecule has 0 aliphatic heterocycles. The molecule has 0 saturated carbocycles. The van der Waals surface area contributed by atoms with Crippen molar-refractivity contribution in [3.63, 3.8) is 0 Å². The van der Waals surface area contributed by atoms with Gasteiger partial charge in [-0.2, -0.15) is 0 Å². The van der Waals surface area contributed by atoms with Gasteiger partial charge in [-0.05, 0) is 51.9 Å². The second-order valence-electron chi connectivity index (χ2n) is 6.10. The third kappa shape index (κ3) is 1.79. The van der Waals surface area contributed by atoms with Crippen molar-refractivity contribution in [3.8, 4) is 0 Å². The van der Waals surface area contributed by atoms with E-state index in [1.807, 2.05) is 0 Å². The Morgan fingerprint density at radius 1 is 0.696 bits per heavy atom. The predicted molar refractivity (Wildman–Crippen MR) is 103 cm³/mol. The van der Waals surface area contributed by atoms with Crippen LogP contribution in [0.2, 0.25) is 0 Å². The Kier molecular flexibility index (Phi) is 2.62. The molecule has 0 saturated heterocycles. The van der Waals surface area contributed by atoms with Gasteiger partial charge in [-0.1, -0.05) is 52.3 Å². The van der Waals surface area contributed by atoms with E-state index >= 15 is 0 Å². The first-order chi connectivity index (χ1) is 11.2. The maximum absolute atomic E-state index is 3.59. The van der Waals surface area contributed by atoms with Crippen LogP contribution >= 0.6 is 15.9 Å². The molecule has 0 radical (unpaired) electrons. The van der Waals surface area contributed by atoms with Crippen molar-refractivity contribution >= 4 is 59.3 Å². The molecular formula is C21H14BrN. The fourth-order valence-corrected chi connectivity index (χ4v) is 4.04. The number of aromatic nitrogens is 1. The number of rotatable bonds is 0. The number of fused-ring (bicyclic) bond motifs is 6. The van der Waals surface area contributed by atoms with Gasteiger partial charge in [-0.3, -0.25) is 0 Å². The van der Waals surface area contributed by atoms with Crippen LogP contribution in [0.15, 0.2) is 71.2 Å². The van der Waals surface area contributed by atoms with E-state index in [9.17, 15) is 0 Å². The summed E-state index contributed by atoms with van der Waals surface area (Å²) < 4.78 is 3.40. The molecule has 1 nitrogen and oxygen atoms in total. The van der Waals surface area contributed by atoms with E-state index in [1.165, 1.54) is 43.4 Å². The van der Waals surface area contributed by atoms with Crippen LogP contribution in [0.4, 0.5) is 0 Å². The van der Waals surface area contributed by atoms with Gasteiger partial charge >= 0.3 is 0 Å². The lowest BCUT2D eigenvalue weighted by Gasteiger charge is -2.05. The monoisotopic (exact) mass is 359 g/mol. The van der Waals surface area contributed by atoms with Crippen LogP contribution in [0.1, 0.15) is 0 Å². The zero-order valence-corrected chi connectivity index (χ0v) is 14.3. The Balaban J connectivity index is 2.08. The number of nitrogens with zero attached hydrogens (tertiary/aromatic N) is 1. The summed E-state index contributed by atoms with van der Waals surface area (Å²) in [5.74, 6) is 0. The van der Waals surface area contributed by atoms with Gasteiger partial charge in [0, 0.05) is 33.3 Å². The highest BCUT2D eigenvalue weighted by Gasteiger charge is 2.12. The van der Waals surface area contributed by atoms with Crippen molar-refractivity contribution in [2.75, 3.05) is 0 Å². The number of hydrogen-bond acceptors (Lipinski definition) is 0. The molecule has 2 heteroatoms. The Labute approximate surface area is 142 Å². The number of benzene rings is 4. The topological polar surface area (TPSA) is 4.93 Å². The largest absolute Gasteiger partial charge is 0.344 e. The molecule has 1 heterocycles. The molecule has 5 rings (SSSR count). The molecule has 0 amide bonds. The van der Waals surface area contributed by atoms with Crippen LogP contribution in [-0.4, -0.2) is 4.57 Å². The minimum absolute atomic E-state index is 1.12. The van der Waals surface area contributed by atoms with Gasteiger partial charge < -0.3 is 4.57 Å². The van der Waals surface area contributed by atoms with E-state index in [0.29, 0.717) is 0 Å². The zero-order valence-electron chi connectivity index (χ0n) is 12.7. The van der Waals surface area contributed by atoms with E-state index in [0.717, 1.165) is 4.47 Å². The summed E-state index contributed by atoms with van der Waals surface area (Å²) >= 11 is 3.59. The number of hydrogen-bond donors (Lipinski definition) is 0. The molecule has 4 aromatic carbocycles. The smallest absolute Gasteiger partial charge is 0.0500 e. The molecule has 0 aliphatic carbocycles. The van der Waals surface area contributed by atoms with Crippen LogP contribution in [0, 0.1) is 0 Å². The first-order valence-corrected chi connectivity index (χ1v) is 8.51. The lowest BCUT2D eigenvalue weighted by Crippen LogP contribution is -1.86. The van der Waals surface area contributed by atoms with Crippen molar-refractivity contribution < 1.29 is 0 Å². The van der Waals surface area contributed by atoms with Gasteiger partial charge in [0.05, 0.1) is 0 Å². The van der Waals surface area contributed by atoms with Gasteiger partial charge in [0.1, 0.15) is 0 Å². The highest BCUT2D eigenvalue weighted by Crippen LogP contribution is 2.36. The summed E-state index contributed by atoms with van der Waals surface area (Å²) in [4.78, 5) is 0. The summed E-state index contributed by atoms with van der Waals surface area (Å²) in [6, 6.07) is 24.2. The fraction of sp³-hybridized carbons (Fsp3) is 0.0476. The highest BCUT2D eigenvalue weighted by molar-refractivity contribution is 9.10. The standard InChI is InChI=1S/C21H14BrN/c1-23-19-9-6-15-10-13-4-2-3-5-14(13)11-18(15)21(19)17-8-7-16(22)12-20(17)23/h2-12H,1H3. The van der Waals surface area contributed by atoms with Crippen molar-refractivity contribution in [2.45, 2.75) is 0 Å². The first-order valence-electron chi connectivity index (χ1n) is 7.71. The SMILES string of the molecule is Cn1c2cc(Br)ccc2c2c3cc4ccccc4cc3ccc21. The second kappa shape index (κ2) is 4.59. The quantitative estimate of drug-likeness (QED) is 0.282. The Hall–Kier alpha value is -2.32. The maximum Gasteiger partial charge on any atom is 0.0500 e. The van der Waals surface area contributed by atoms with Gasteiger partial charge in [-0.15, -0.1) is 0 Å². The molecule has 0 atom stereocenters. The summed E-state index contributed by atoms with van der Waals surface area (Å²) in [5, 5.41) is 7.87. The zero-order chi connectivity index (χ0) is 15.6. The maximum atomic E-state index is 3.59. The van der Waals surface area contributed by atoms with Crippen LogP contribution in [-0.2, 0) is 7.05 Å². The van der Waals surface area contributed by atoms with Gasteiger partial charge in [0.25, 0.3) is 0 Å². The second-order valence-corrected chi connectivity index (χ2v) is 7.02. The lowest BCUT2D eigenvalue weighted by atomic mass is 9.99. The minimum Gasteiger partial charge on any atom is -0.344 e. The van der Waals surface area contributed by atoms with Crippen molar-refractivity contribution in [1.82, 2.24) is 4.57 Å². The molecule has 23 heavy (non-hydrogen) atoms. The first kappa shape index (κ1) is 13.1. The van der Waals surface area contributed by atoms with Crippen molar-refractivity contribution in [2.24, 2.45) is 7.05 Å². The van der Waals surface area contributed by atoms with Crippen molar-refractivity contribution in [1.29, 1.82) is 0 Å². The van der Waals surface area contributed by atoms with Crippen LogP contribution in [0.5, 0.6) is 0 Å². The van der Waals surface area contributed by atoms with E-state index in [1.54, 1.807) is 0 Å². The molecule has 0 bridgehead atoms. The molecule has 0 N–H and O–H groups in total. The number of halogens is 1. The molecule has 0 unspecified atom stereocenters. The summed E-state index contributed by atoms with van der Waals surface area (Å²) in [5.41, 5.74) is 2.54. The van der Waals surface area contributed by atoms with Crippen molar-refractivity contribution in [3.05, 3.63) is 71.2 Å². The summed E-state index contributed by atoms with van der Waals surface area (Å²) in [6.45, 7) is 0. The summed E-state index contributed by atoms with van der Waals surface area (Å²) in [7, 11) is 2.14. The van der Waals surface area contributed by atoms with Gasteiger partial charge in [0.15, 0.2) is 0 Å². The molecule has 5 aromatic rings. The molecular weight excluding hydrogens is 346 g/mol. The normalized spacial score (nSPS) is 11.9. The Morgan fingerprint density at radius 2 is 1.48 bits per heavy atom. The van der Waals surface area contributed by atoms with E-state index in [4.69, 9.17) is 0 Å². The number of aryl methyl sites for hydroxylation is 1. The molecule has 0 fully saturated rings. The third-order valence-corrected chi connectivity index (χ3v) is 5.31. The lowest BCUT2D eigenvalue weighted by molar-refractivity contribution is 1.01. The molecule has 110 valence electrons. The van der Waals surface area contributed by atoms with E-state index in [-0.39, 0.29) is 0 Å². The van der Waals surface area contributed by atoms with E-state index < -0.39 is 0 Å². The van der Waals surface area contributed by atoms with Crippen LogP contribution in [0.3, 0.4) is 0 Å². The minimum atomic E-state index is 1.12. The molecule has 0 aliphatic rings. The Bertz CT molecular complexity index is 1230. The van der Waals surface area contributed by atoms with E-state index in [2.05, 4.69) is 94.3 Å². The fourth-order valence-electron chi connectivity index (χ4n) is 3.69. The average molecular weight is 360 g/mol. The average Bonchev–Trinajstić information content (AvgIpc) is 2.86. The van der Waals surface area contributed by atoms with Gasteiger partial charge in [0.2, 0.25) is 0 Å². The Morgan fingerprint density at radius 3 is 2.30 bits per heavy atom. The van der Waals surface area contributed by atoms with Crippen LogP contribution < -0.4 is 0 Å². The summed E-state index contributed by atoms with van der Waals surface area (Å²) in [6.07, 6.45) is 0. The van der Waals surface area contributed by atoms with Crippen LogP contribution in [0.25, 0.3) is 43.4 Å².